The van der Waals surface area contributed by atoms with E-state index >= 15 is 0 Å². The van der Waals surface area contributed by atoms with Gasteiger partial charge in [-0.1, -0.05) is 5.16 Å². The maximum atomic E-state index is 13.8. The van der Waals surface area contributed by atoms with E-state index < -0.39 is 11.7 Å². The summed E-state index contributed by atoms with van der Waals surface area (Å²) in [5.41, 5.74) is 1.93. The van der Waals surface area contributed by atoms with Crippen LogP contribution >= 0.6 is 0 Å². The van der Waals surface area contributed by atoms with E-state index in [9.17, 15) is 9.18 Å². The number of rotatable bonds is 5. The van der Waals surface area contributed by atoms with Gasteiger partial charge in [-0.2, -0.15) is 4.98 Å². The summed E-state index contributed by atoms with van der Waals surface area (Å²) < 4.78 is 18.7. The quantitative estimate of drug-likeness (QED) is 0.527. The number of halogens is 1. The van der Waals surface area contributed by atoms with Crippen molar-refractivity contribution in [1.82, 2.24) is 20.4 Å². The third-order valence-electron chi connectivity index (χ3n) is 2.46. The molecule has 0 fully saturated rings. The number of nitrogens with zero attached hydrogens (tertiary/aromatic N) is 3. The zero-order chi connectivity index (χ0) is 14.5. The molecule has 106 valence electrons. The highest BCUT2D eigenvalue weighted by molar-refractivity contribution is 5.95. The largest absolute Gasteiger partial charge is 0.351 e. The number of aryl methyl sites for hydroxylation is 1. The van der Waals surface area contributed by atoms with Crippen LogP contribution in [0.2, 0.25) is 0 Å². The van der Waals surface area contributed by atoms with Gasteiger partial charge in [0.2, 0.25) is 5.89 Å². The number of nitrogens with two attached hydrogens (primary N) is 1. The maximum Gasteiger partial charge on any atom is 0.254 e. The molecule has 0 aliphatic rings. The molecule has 2 aromatic heterocycles. The predicted molar refractivity (Wildman–Crippen MR) is 67.1 cm³/mol. The standard InChI is InChI=1S/C11H13FN6O2/c1-6-16-8(20-18-6)3-5-15-11(19)7-2-4-14-10(17-13)9(7)12/h2,4H,3,5,13H2,1H3,(H,14,17)(H,15,19). The third kappa shape index (κ3) is 3.06. The van der Waals surface area contributed by atoms with Crippen LogP contribution in [-0.4, -0.2) is 27.6 Å². The Morgan fingerprint density at radius 3 is 3.00 bits per heavy atom. The highest BCUT2D eigenvalue weighted by Crippen LogP contribution is 2.13. The van der Waals surface area contributed by atoms with Crippen LogP contribution in [0.25, 0.3) is 0 Å². The van der Waals surface area contributed by atoms with Gasteiger partial charge in [-0.3, -0.25) is 4.79 Å². The van der Waals surface area contributed by atoms with Crippen molar-refractivity contribution < 1.29 is 13.7 Å². The molecule has 4 N–H and O–H groups in total. The lowest BCUT2D eigenvalue weighted by Gasteiger charge is -2.07. The van der Waals surface area contributed by atoms with Gasteiger partial charge in [0.25, 0.3) is 5.91 Å². The first-order valence-electron chi connectivity index (χ1n) is 5.80. The summed E-state index contributed by atoms with van der Waals surface area (Å²) in [6.07, 6.45) is 1.65. The SMILES string of the molecule is Cc1noc(CCNC(=O)c2ccnc(NN)c2F)n1. The van der Waals surface area contributed by atoms with E-state index in [-0.39, 0.29) is 17.9 Å². The minimum Gasteiger partial charge on any atom is -0.351 e. The van der Waals surface area contributed by atoms with Gasteiger partial charge in [0.1, 0.15) is 0 Å². The second-order valence-corrected chi connectivity index (χ2v) is 3.91. The molecule has 0 radical (unpaired) electrons. The monoisotopic (exact) mass is 280 g/mol. The molecular weight excluding hydrogens is 267 g/mol. The first-order chi connectivity index (χ1) is 9.61. The lowest BCUT2D eigenvalue weighted by Crippen LogP contribution is -2.27. The van der Waals surface area contributed by atoms with Crippen molar-refractivity contribution in [2.75, 3.05) is 12.0 Å². The number of nitrogen functional groups attached to an aromatic ring is 1. The molecule has 0 unspecified atom stereocenters. The van der Waals surface area contributed by atoms with E-state index in [2.05, 4.69) is 25.9 Å². The van der Waals surface area contributed by atoms with Crippen LogP contribution in [0.5, 0.6) is 0 Å². The first kappa shape index (κ1) is 13.9. The van der Waals surface area contributed by atoms with Crippen molar-refractivity contribution in [1.29, 1.82) is 0 Å². The molecule has 0 atom stereocenters. The predicted octanol–water partition coefficient (Wildman–Crippen LogP) is 0.170. The fourth-order valence-electron chi connectivity index (χ4n) is 1.54. The van der Waals surface area contributed by atoms with Gasteiger partial charge in [0.05, 0.1) is 5.56 Å². The second kappa shape index (κ2) is 6.06. The molecule has 1 amide bonds. The van der Waals surface area contributed by atoms with Crippen molar-refractivity contribution in [3.05, 3.63) is 35.4 Å². The number of amides is 1. The van der Waals surface area contributed by atoms with E-state index in [1.54, 1.807) is 6.92 Å². The third-order valence-corrected chi connectivity index (χ3v) is 2.46. The number of anilines is 1. The molecule has 0 aliphatic carbocycles. The van der Waals surface area contributed by atoms with Crippen molar-refractivity contribution in [3.8, 4) is 0 Å². The number of hydrogen-bond acceptors (Lipinski definition) is 7. The molecule has 0 bridgehead atoms. The summed E-state index contributed by atoms with van der Waals surface area (Å²) in [5.74, 6) is 4.44. The van der Waals surface area contributed by atoms with E-state index in [1.807, 2.05) is 0 Å². The van der Waals surface area contributed by atoms with E-state index in [0.717, 1.165) is 0 Å². The topological polar surface area (TPSA) is 119 Å². The highest BCUT2D eigenvalue weighted by Gasteiger charge is 2.15. The van der Waals surface area contributed by atoms with Crippen molar-refractivity contribution in [2.45, 2.75) is 13.3 Å². The molecule has 0 aromatic carbocycles. The van der Waals surface area contributed by atoms with E-state index in [1.165, 1.54) is 12.3 Å². The number of nitrogens with one attached hydrogen (secondary N) is 2. The average Bonchev–Trinajstić information content (AvgIpc) is 2.84. The van der Waals surface area contributed by atoms with Gasteiger partial charge in [-0.25, -0.2) is 15.2 Å². The molecule has 0 saturated carbocycles. The Labute approximate surface area is 113 Å². The van der Waals surface area contributed by atoms with Crippen LogP contribution in [0.15, 0.2) is 16.8 Å². The Morgan fingerprint density at radius 2 is 2.35 bits per heavy atom. The molecule has 2 heterocycles. The van der Waals surface area contributed by atoms with Crippen LogP contribution in [0, 0.1) is 12.7 Å². The molecule has 8 nitrogen and oxygen atoms in total. The molecule has 20 heavy (non-hydrogen) atoms. The fourth-order valence-corrected chi connectivity index (χ4v) is 1.54. The lowest BCUT2D eigenvalue weighted by molar-refractivity contribution is 0.0949. The molecule has 9 heteroatoms. The minimum atomic E-state index is -0.805. The second-order valence-electron chi connectivity index (χ2n) is 3.91. The van der Waals surface area contributed by atoms with Gasteiger partial charge >= 0.3 is 0 Å². The number of hydrogen-bond donors (Lipinski definition) is 3. The Hall–Kier alpha value is -2.55. The number of aromatic nitrogens is 3. The smallest absolute Gasteiger partial charge is 0.254 e. The molecule has 0 spiro atoms. The zero-order valence-corrected chi connectivity index (χ0v) is 10.7. The van der Waals surface area contributed by atoms with Crippen LogP contribution in [-0.2, 0) is 6.42 Å². The van der Waals surface area contributed by atoms with Crippen LogP contribution in [0.1, 0.15) is 22.1 Å². The van der Waals surface area contributed by atoms with Crippen molar-refractivity contribution >= 4 is 11.7 Å². The molecule has 0 saturated heterocycles. The normalized spacial score (nSPS) is 10.3. The number of carbonyl (C=O) groups excluding carboxylic acids is 1. The average molecular weight is 280 g/mol. The van der Waals surface area contributed by atoms with Crippen molar-refractivity contribution in [3.63, 3.8) is 0 Å². The maximum absolute atomic E-state index is 13.8. The Kier molecular flexibility index (Phi) is 4.20. The number of hydrazine groups is 1. The van der Waals surface area contributed by atoms with Gasteiger partial charge in [-0.05, 0) is 13.0 Å². The summed E-state index contributed by atoms with van der Waals surface area (Å²) in [4.78, 5) is 19.4. The molecular formula is C11H13FN6O2. The summed E-state index contributed by atoms with van der Waals surface area (Å²) in [5, 5.41) is 6.17. The number of pyridine rings is 1. The van der Waals surface area contributed by atoms with Crippen molar-refractivity contribution in [2.24, 2.45) is 5.84 Å². The minimum absolute atomic E-state index is 0.144. The van der Waals surface area contributed by atoms with Crippen LogP contribution < -0.4 is 16.6 Å². The van der Waals surface area contributed by atoms with Crippen LogP contribution in [0.4, 0.5) is 10.2 Å². The highest BCUT2D eigenvalue weighted by atomic mass is 19.1. The Morgan fingerprint density at radius 1 is 1.55 bits per heavy atom. The summed E-state index contributed by atoms with van der Waals surface area (Å²) in [7, 11) is 0. The van der Waals surface area contributed by atoms with E-state index in [4.69, 9.17) is 10.4 Å². The molecule has 2 rings (SSSR count). The van der Waals surface area contributed by atoms with Crippen LogP contribution in [0.3, 0.4) is 0 Å². The fraction of sp³-hybridized carbons (Fsp3) is 0.273. The lowest BCUT2D eigenvalue weighted by atomic mass is 10.2. The Bertz CT molecular complexity index is 615. The molecule has 2 aromatic rings. The zero-order valence-electron chi connectivity index (χ0n) is 10.7. The molecule has 0 aliphatic heterocycles. The van der Waals surface area contributed by atoms with E-state index in [0.29, 0.717) is 18.1 Å². The van der Waals surface area contributed by atoms with Gasteiger partial charge in [-0.15, -0.1) is 0 Å². The van der Waals surface area contributed by atoms with Gasteiger partial charge < -0.3 is 15.3 Å². The first-order valence-corrected chi connectivity index (χ1v) is 5.80. The van der Waals surface area contributed by atoms with Gasteiger partial charge in [0.15, 0.2) is 17.5 Å². The Balaban J connectivity index is 1.95. The summed E-state index contributed by atoms with van der Waals surface area (Å²) >= 11 is 0. The number of carbonyl (C=O) groups is 1. The van der Waals surface area contributed by atoms with Gasteiger partial charge in [0, 0.05) is 19.2 Å². The summed E-state index contributed by atoms with van der Waals surface area (Å²) in [6.45, 7) is 1.94. The summed E-state index contributed by atoms with van der Waals surface area (Å²) in [6, 6.07) is 1.27.